The molecule has 1 aliphatic heterocycles. The molecule has 2 aromatic rings. The zero-order valence-corrected chi connectivity index (χ0v) is 15.2. The van der Waals surface area contributed by atoms with Crippen LogP contribution in [0.15, 0.2) is 30.0 Å². The molecule has 1 aliphatic rings. The summed E-state index contributed by atoms with van der Waals surface area (Å²) in [5.74, 6) is -1.25. The van der Waals surface area contributed by atoms with Crippen LogP contribution in [0.3, 0.4) is 0 Å². The van der Waals surface area contributed by atoms with Crippen molar-refractivity contribution in [1.29, 1.82) is 0 Å². The van der Waals surface area contributed by atoms with E-state index >= 15 is 0 Å². The first-order valence-corrected chi connectivity index (χ1v) is 8.16. The molecular formula is C12H2Br4O3. The molecule has 19 heavy (non-hydrogen) atoms. The third kappa shape index (κ3) is 1.86. The van der Waals surface area contributed by atoms with Gasteiger partial charge in [-0.2, -0.15) is 0 Å². The van der Waals surface area contributed by atoms with Gasteiger partial charge in [-0.3, -0.25) is 0 Å². The SMILES string of the molecule is O=C1OC(=O)c2c1c(Br)c(Br)c1c(Br)c(Br)ccc21. The molecule has 0 fully saturated rings. The van der Waals surface area contributed by atoms with E-state index in [0.717, 1.165) is 14.3 Å². The van der Waals surface area contributed by atoms with Crippen LogP contribution >= 0.6 is 63.7 Å². The van der Waals surface area contributed by atoms with E-state index in [-0.39, 0.29) is 5.56 Å². The molecule has 1 heterocycles. The maximum Gasteiger partial charge on any atom is 0.348 e. The minimum absolute atomic E-state index is 0.263. The Bertz CT molecular complexity index is 783. The number of cyclic esters (lactones) is 2. The summed E-state index contributed by atoms with van der Waals surface area (Å²) < 4.78 is 7.55. The zero-order valence-electron chi connectivity index (χ0n) is 8.89. The minimum Gasteiger partial charge on any atom is -0.386 e. The number of benzene rings is 2. The van der Waals surface area contributed by atoms with E-state index in [1.54, 1.807) is 6.07 Å². The molecule has 96 valence electrons. The van der Waals surface area contributed by atoms with E-state index in [4.69, 9.17) is 0 Å². The first kappa shape index (κ1) is 13.7. The van der Waals surface area contributed by atoms with Gasteiger partial charge in [-0.25, -0.2) is 9.59 Å². The lowest BCUT2D eigenvalue weighted by atomic mass is 10.0. The Balaban J connectivity index is 2.62. The van der Waals surface area contributed by atoms with Gasteiger partial charge in [0.1, 0.15) is 0 Å². The van der Waals surface area contributed by atoms with Crippen LogP contribution < -0.4 is 0 Å². The van der Waals surface area contributed by atoms with Gasteiger partial charge in [-0.15, -0.1) is 0 Å². The number of ether oxygens (including phenoxy) is 1. The first-order valence-electron chi connectivity index (χ1n) is 4.98. The highest BCUT2D eigenvalue weighted by Crippen LogP contribution is 2.45. The van der Waals surface area contributed by atoms with Crippen LogP contribution in [0.2, 0.25) is 0 Å². The maximum atomic E-state index is 11.8. The normalized spacial score (nSPS) is 13.9. The molecule has 0 aromatic heterocycles. The summed E-state index contributed by atoms with van der Waals surface area (Å²) in [6.45, 7) is 0. The zero-order chi connectivity index (χ0) is 13.9. The van der Waals surface area contributed by atoms with Crippen molar-refractivity contribution in [2.75, 3.05) is 0 Å². The Morgan fingerprint density at radius 2 is 1.42 bits per heavy atom. The number of esters is 2. The number of carbonyl (C=O) groups excluding carboxylic acids is 2. The highest BCUT2D eigenvalue weighted by molar-refractivity contribution is 9.13. The van der Waals surface area contributed by atoms with Gasteiger partial charge in [0.05, 0.1) is 11.1 Å². The number of hydrogen-bond donors (Lipinski definition) is 0. The second kappa shape index (κ2) is 4.65. The van der Waals surface area contributed by atoms with Gasteiger partial charge >= 0.3 is 11.9 Å². The van der Waals surface area contributed by atoms with Crippen molar-refractivity contribution in [1.82, 2.24) is 0 Å². The van der Waals surface area contributed by atoms with Crippen molar-refractivity contribution < 1.29 is 14.3 Å². The smallest absolute Gasteiger partial charge is 0.348 e. The van der Waals surface area contributed by atoms with Crippen LogP contribution in [0.5, 0.6) is 0 Å². The largest absolute Gasteiger partial charge is 0.386 e. The summed E-state index contributed by atoms with van der Waals surface area (Å²) >= 11 is 13.7. The Morgan fingerprint density at radius 1 is 0.789 bits per heavy atom. The van der Waals surface area contributed by atoms with Crippen LogP contribution in [0, 0.1) is 0 Å². The fourth-order valence-corrected chi connectivity index (χ4v) is 4.34. The lowest BCUT2D eigenvalue weighted by molar-refractivity contribution is 0.0444. The lowest BCUT2D eigenvalue weighted by Crippen LogP contribution is -1.97. The molecule has 0 saturated heterocycles. The molecule has 3 nitrogen and oxygen atoms in total. The van der Waals surface area contributed by atoms with Gasteiger partial charge < -0.3 is 4.74 Å². The topological polar surface area (TPSA) is 43.4 Å². The molecule has 0 bridgehead atoms. The molecule has 7 heteroatoms. The van der Waals surface area contributed by atoms with Crippen molar-refractivity contribution >= 4 is 86.4 Å². The number of carbonyl (C=O) groups is 2. The van der Waals surface area contributed by atoms with E-state index in [1.807, 2.05) is 6.07 Å². The van der Waals surface area contributed by atoms with E-state index in [1.165, 1.54) is 0 Å². The van der Waals surface area contributed by atoms with Gasteiger partial charge in [0.25, 0.3) is 0 Å². The average molecular weight is 514 g/mol. The number of hydrogen-bond acceptors (Lipinski definition) is 3. The Labute approximate surface area is 141 Å². The number of halogens is 4. The molecule has 3 rings (SSSR count). The van der Waals surface area contributed by atoms with Gasteiger partial charge in [0.2, 0.25) is 0 Å². The van der Waals surface area contributed by atoms with E-state index < -0.39 is 11.9 Å². The van der Waals surface area contributed by atoms with Gasteiger partial charge in [-0.05, 0) is 75.2 Å². The van der Waals surface area contributed by atoms with Crippen molar-refractivity contribution in [2.24, 2.45) is 0 Å². The molecule has 0 amide bonds. The molecule has 0 radical (unpaired) electrons. The summed E-state index contributed by atoms with van der Waals surface area (Å²) in [5, 5.41) is 1.46. The molecule has 2 aromatic carbocycles. The summed E-state index contributed by atoms with van der Waals surface area (Å²) in [4.78, 5) is 23.6. The molecule has 0 aliphatic carbocycles. The van der Waals surface area contributed by atoms with Crippen molar-refractivity contribution in [3.8, 4) is 0 Å². The monoisotopic (exact) mass is 510 g/mol. The quantitative estimate of drug-likeness (QED) is 0.359. The third-order valence-electron chi connectivity index (χ3n) is 2.84. The Morgan fingerprint density at radius 3 is 2.11 bits per heavy atom. The molecule has 0 atom stereocenters. The number of rotatable bonds is 0. The first-order chi connectivity index (χ1) is 8.93. The Hall–Kier alpha value is -0.240. The second-order valence-electron chi connectivity index (χ2n) is 3.84. The van der Waals surface area contributed by atoms with Crippen molar-refractivity contribution in [2.45, 2.75) is 0 Å². The standard InChI is InChI=1S/C12H2Br4O3/c13-4-2-1-3-5-7(12(18)19-11(5)17)10(16)9(15)6(3)8(4)14/h1-2H. The lowest BCUT2D eigenvalue weighted by Gasteiger charge is -2.10. The third-order valence-corrected chi connectivity index (χ3v) is 6.97. The minimum atomic E-state index is -0.631. The van der Waals surface area contributed by atoms with E-state index in [9.17, 15) is 9.59 Å². The number of fused-ring (bicyclic) bond motifs is 3. The fraction of sp³-hybridized carbons (Fsp3) is 0. The summed E-state index contributed by atoms with van der Waals surface area (Å²) in [5.41, 5.74) is 0.557. The van der Waals surface area contributed by atoms with Gasteiger partial charge in [0, 0.05) is 23.3 Å². The van der Waals surface area contributed by atoms with Crippen molar-refractivity contribution in [3.63, 3.8) is 0 Å². The highest BCUT2D eigenvalue weighted by atomic mass is 79.9. The predicted octanol–water partition coefficient (Wildman–Crippen LogP) is 5.20. The predicted molar refractivity (Wildman–Crippen MR) is 84.5 cm³/mol. The van der Waals surface area contributed by atoms with Crippen LogP contribution in [0.4, 0.5) is 0 Å². The summed E-state index contributed by atoms with van der Waals surface area (Å²) in [6, 6.07) is 3.59. The fourth-order valence-electron chi connectivity index (χ4n) is 2.03. The molecule has 0 N–H and O–H groups in total. The van der Waals surface area contributed by atoms with E-state index in [2.05, 4.69) is 68.5 Å². The van der Waals surface area contributed by atoms with Gasteiger partial charge in [-0.1, -0.05) is 6.07 Å². The second-order valence-corrected chi connectivity index (χ2v) is 7.07. The van der Waals surface area contributed by atoms with Crippen molar-refractivity contribution in [3.05, 3.63) is 41.2 Å². The van der Waals surface area contributed by atoms with Crippen LogP contribution in [-0.4, -0.2) is 11.9 Å². The van der Waals surface area contributed by atoms with E-state index in [0.29, 0.717) is 19.9 Å². The average Bonchev–Trinajstić information content (AvgIpc) is 2.65. The molecular weight excluding hydrogens is 512 g/mol. The van der Waals surface area contributed by atoms with Crippen LogP contribution in [0.25, 0.3) is 10.8 Å². The summed E-state index contributed by atoms with van der Waals surface area (Å²) in [6.07, 6.45) is 0. The summed E-state index contributed by atoms with van der Waals surface area (Å²) in [7, 11) is 0. The maximum absolute atomic E-state index is 11.8. The van der Waals surface area contributed by atoms with Gasteiger partial charge in [0.15, 0.2) is 0 Å². The van der Waals surface area contributed by atoms with Crippen LogP contribution in [-0.2, 0) is 4.74 Å². The Kier molecular flexibility index (Phi) is 3.36. The molecule has 0 unspecified atom stereocenters. The molecule has 0 saturated carbocycles. The molecule has 0 spiro atoms. The van der Waals surface area contributed by atoms with Crippen LogP contribution in [0.1, 0.15) is 20.7 Å². The highest BCUT2D eigenvalue weighted by Gasteiger charge is 2.36.